The van der Waals surface area contributed by atoms with Gasteiger partial charge in [-0.3, -0.25) is 0 Å². The number of aliphatic hydroxyl groups is 1. The highest BCUT2D eigenvalue weighted by molar-refractivity contribution is 7.98. The van der Waals surface area contributed by atoms with E-state index in [4.69, 9.17) is 5.11 Å². The number of para-hydroxylation sites is 1. The molecule has 2 aromatic heterocycles. The topological polar surface area (TPSA) is 46.0 Å². The fraction of sp³-hybridized carbons (Fsp3) is 0.125. The van der Waals surface area contributed by atoms with Crippen LogP contribution in [0.25, 0.3) is 10.9 Å². The number of thioether (sulfide) groups is 1. The molecule has 0 saturated heterocycles. The molecule has 0 aliphatic carbocycles. The second-order valence-electron chi connectivity index (χ2n) is 4.25. The molecular weight excluding hydrogens is 300 g/mol. The standard InChI is InChI=1S/C16H12N2OS2/c19-7-3-4-12-8-13(20-9-12)10-21-16-14-5-1-2-6-15(14)17-11-18-16/h1-2,5-6,8-9,11,19H,7,10H2. The van der Waals surface area contributed by atoms with Gasteiger partial charge in [0.1, 0.15) is 18.0 Å². The van der Waals surface area contributed by atoms with E-state index in [1.807, 2.05) is 29.6 Å². The Morgan fingerprint density at radius 3 is 3.05 bits per heavy atom. The van der Waals surface area contributed by atoms with Gasteiger partial charge in [-0.15, -0.1) is 23.1 Å². The number of hydrogen-bond acceptors (Lipinski definition) is 5. The van der Waals surface area contributed by atoms with Crippen molar-refractivity contribution in [1.29, 1.82) is 0 Å². The van der Waals surface area contributed by atoms with Crippen LogP contribution in [0.15, 0.2) is 47.1 Å². The summed E-state index contributed by atoms with van der Waals surface area (Å²) < 4.78 is 0. The van der Waals surface area contributed by atoms with Crippen molar-refractivity contribution in [3.63, 3.8) is 0 Å². The lowest BCUT2D eigenvalue weighted by Gasteiger charge is -2.03. The number of thiophene rings is 1. The Balaban J connectivity index is 1.76. The lowest BCUT2D eigenvalue weighted by molar-refractivity contribution is 0.350. The van der Waals surface area contributed by atoms with Crippen LogP contribution in [0.4, 0.5) is 0 Å². The van der Waals surface area contributed by atoms with Crippen molar-refractivity contribution in [2.45, 2.75) is 10.8 Å². The van der Waals surface area contributed by atoms with Gasteiger partial charge < -0.3 is 5.11 Å². The first-order chi connectivity index (χ1) is 10.4. The van der Waals surface area contributed by atoms with Crippen LogP contribution in [0.2, 0.25) is 0 Å². The van der Waals surface area contributed by atoms with Crippen LogP contribution in [0.5, 0.6) is 0 Å². The summed E-state index contributed by atoms with van der Waals surface area (Å²) in [5.74, 6) is 6.43. The van der Waals surface area contributed by atoms with Gasteiger partial charge in [-0.05, 0) is 12.1 Å². The molecular formula is C16H12N2OS2. The zero-order valence-electron chi connectivity index (χ0n) is 11.1. The minimum absolute atomic E-state index is 0.104. The summed E-state index contributed by atoms with van der Waals surface area (Å²) in [4.78, 5) is 9.89. The number of nitrogens with zero attached hydrogens (tertiary/aromatic N) is 2. The molecule has 0 fully saturated rings. The van der Waals surface area contributed by atoms with Crippen LogP contribution in [-0.2, 0) is 5.75 Å². The lowest BCUT2D eigenvalue weighted by Crippen LogP contribution is -1.86. The number of aromatic nitrogens is 2. The number of fused-ring (bicyclic) bond motifs is 1. The summed E-state index contributed by atoms with van der Waals surface area (Å²) in [6.07, 6.45) is 1.61. The molecule has 0 aliphatic heterocycles. The summed E-state index contributed by atoms with van der Waals surface area (Å²) >= 11 is 3.38. The normalized spacial score (nSPS) is 10.3. The molecule has 1 N–H and O–H groups in total. The Kier molecular flexibility index (Phi) is 4.51. The van der Waals surface area contributed by atoms with Crippen molar-refractivity contribution in [2.24, 2.45) is 0 Å². The second kappa shape index (κ2) is 6.72. The van der Waals surface area contributed by atoms with Crippen LogP contribution >= 0.6 is 23.1 Å². The molecule has 104 valence electrons. The predicted octanol–water partition coefficient (Wildman–Crippen LogP) is 3.33. The average molecular weight is 312 g/mol. The third-order valence-electron chi connectivity index (χ3n) is 2.82. The minimum atomic E-state index is -0.104. The van der Waals surface area contributed by atoms with E-state index in [2.05, 4.69) is 27.9 Å². The van der Waals surface area contributed by atoms with Crippen molar-refractivity contribution >= 4 is 34.0 Å². The Morgan fingerprint density at radius 1 is 1.24 bits per heavy atom. The van der Waals surface area contributed by atoms with Gasteiger partial charge in [0.05, 0.1) is 5.52 Å². The molecule has 0 unspecified atom stereocenters. The van der Waals surface area contributed by atoms with Crippen LogP contribution in [-0.4, -0.2) is 21.7 Å². The third-order valence-corrected chi connectivity index (χ3v) is 5.00. The first-order valence-electron chi connectivity index (χ1n) is 6.36. The highest BCUT2D eigenvalue weighted by atomic mass is 32.2. The van der Waals surface area contributed by atoms with Gasteiger partial charge in [0.25, 0.3) is 0 Å². The maximum atomic E-state index is 8.70. The van der Waals surface area contributed by atoms with E-state index in [0.717, 1.165) is 27.2 Å². The SMILES string of the molecule is OCC#Cc1csc(CSc2ncnc3ccccc23)c1. The van der Waals surface area contributed by atoms with Crippen molar-refractivity contribution in [2.75, 3.05) is 6.61 Å². The monoisotopic (exact) mass is 312 g/mol. The van der Waals surface area contributed by atoms with E-state index in [1.165, 1.54) is 4.88 Å². The van der Waals surface area contributed by atoms with Gasteiger partial charge in [0.2, 0.25) is 0 Å². The maximum Gasteiger partial charge on any atom is 0.117 e. The molecule has 0 atom stereocenters. The fourth-order valence-electron chi connectivity index (χ4n) is 1.90. The second-order valence-corrected chi connectivity index (χ2v) is 6.21. The van der Waals surface area contributed by atoms with Crippen LogP contribution in [0.1, 0.15) is 10.4 Å². The molecule has 2 heterocycles. The largest absolute Gasteiger partial charge is 0.384 e. The molecule has 0 amide bonds. The fourth-order valence-corrected chi connectivity index (χ4v) is 3.76. The predicted molar refractivity (Wildman–Crippen MR) is 87.4 cm³/mol. The van der Waals surface area contributed by atoms with Gasteiger partial charge in [-0.25, -0.2) is 9.97 Å². The third kappa shape index (κ3) is 3.42. The molecule has 0 saturated carbocycles. The number of hydrogen-bond donors (Lipinski definition) is 1. The maximum absolute atomic E-state index is 8.70. The molecule has 3 aromatic rings. The molecule has 3 rings (SSSR count). The summed E-state index contributed by atoms with van der Waals surface area (Å²) in [5, 5.41) is 12.8. The average Bonchev–Trinajstić information content (AvgIpc) is 2.99. The van der Waals surface area contributed by atoms with Crippen LogP contribution in [0.3, 0.4) is 0 Å². The zero-order valence-corrected chi connectivity index (χ0v) is 12.7. The van der Waals surface area contributed by atoms with E-state index in [9.17, 15) is 0 Å². The van der Waals surface area contributed by atoms with Gasteiger partial charge in [0, 0.05) is 27.0 Å². The van der Waals surface area contributed by atoms with Crippen molar-refractivity contribution in [1.82, 2.24) is 9.97 Å². The molecule has 21 heavy (non-hydrogen) atoms. The van der Waals surface area contributed by atoms with Crippen LogP contribution < -0.4 is 0 Å². The smallest absolute Gasteiger partial charge is 0.117 e. The molecule has 0 bridgehead atoms. The number of aliphatic hydroxyl groups excluding tert-OH is 1. The molecule has 3 nitrogen and oxygen atoms in total. The molecule has 0 aliphatic rings. The number of benzene rings is 1. The van der Waals surface area contributed by atoms with Gasteiger partial charge in [-0.2, -0.15) is 0 Å². The first kappa shape index (κ1) is 14.1. The van der Waals surface area contributed by atoms with Crippen LogP contribution in [0, 0.1) is 11.8 Å². The lowest BCUT2D eigenvalue weighted by atomic mass is 10.2. The van der Waals surface area contributed by atoms with E-state index in [-0.39, 0.29) is 6.61 Å². The summed E-state index contributed by atoms with van der Waals surface area (Å²) in [6, 6.07) is 10.1. The molecule has 1 aromatic carbocycles. The van der Waals surface area contributed by atoms with Crippen molar-refractivity contribution in [3.8, 4) is 11.8 Å². The van der Waals surface area contributed by atoms with E-state index in [1.54, 1.807) is 29.4 Å². The van der Waals surface area contributed by atoms with E-state index < -0.39 is 0 Å². The quantitative estimate of drug-likeness (QED) is 0.458. The highest BCUT2D eigenvalue weighted by Gasteiger charge is 2.05. The molecule has 5 heteroatoms. The minimum Gasteiger partial charge on any atom is -0.384 e. The van der Waals surface area contributed by atoms with E-state index in [0.29, 0.717) is 0 Å². The number of rotatable bonds is 3. The van der Waals surface area contributed by atoms with Crippen molar-refractivity contribution < 1.29 is 5.11 Å². The van der Waals surface area contributed by atoms with Gasteiger partial charge in [0.15, 0.2) is 0 Å². The Bertz CT molecular complexity index is 812. The highest BCUT2D eigenvalue weighted by Crippen LogP contribution is 2.29. The van der Waals surface area contributed by atoms with Gasteiger partial charge >= 0.3 is 0 Å². The first-order valence-corrected chi connectivity index (χ1v) is 8.23. The molecule has 0 radical (unpaired) electrons. The van der Waals surface area contributed by atoms with E-state index >= 15 is 0 Å². The Labute approximate surface area is 131 Å². The summed E-state index contributed by atoms with van der Waals surface area (Å²) in [6.45, 7) is -0.104. The van der Waals surface area contributed by atoms with Gasteiger partial charge in [-0.1, -0.05) is 30.0 Å². The summed E-state index contributed by atoms with van der Waals surface area (Å²) in [7, 11) is 0. The van der Waals surface area contributed by atoms with Crippen molar-refractivity contribution in [3.05, 3.63) is 52.5 Å². The Morgan fingerprint density at radius 2 is 2.14 bits per heavy atom. The zero-order chi connectivity index (χ0) is 14.5. The Hall–Kier alpha value is -1.87. The summed E-state index contributed by atoms with van der Waals surface area (Å²) in [5.41, 5.74) is 1.92. The molecule has 0 spiro atoms.